The largest absolute Gasteiger partial charge is 0.294 e. The van der Waals surface area contributed by atoms with Gasteiger partial charge in [0.1, 0.15) is 0 Å². The Morgan fingerprint density at radius 1 is 1.06 bits per heavy atom. The molecule has 0 saturated heterocycles. The van der Waals surface area contributed by atoms with Gasteiger partial charge in [0.2, 0.25) is 0 Å². The smallest absolute Gasteiger partial charge is 0.166 e. The maximum absolute atomic E-state index is 12.2. The maximum Gasteiger partial charge on any atom is 0.166 e. The number of fused-ring (bicyclic) bond motifs is 1. The molecule has 2 aromatic carbocycles. The fourth-order valence-corrected chi connectivity index (χ4v) is 2.07. The van der Waals surface area contributed by atoms with Crippen LogP contribution >= 0.6 is 0 Å². The molecule has 0 aliphatic carbocycles. The van der Waals surface area contributed by atoms with Crippen LogP contribution in [0.3, 0.4) is 0 Å². The Morgan fingerprint density at radius 2 is 1.71 bits per heavy atom. The monoisotopic (exact) mass is 226 g/mol. The van der Waals surface area contributed by atoms with E-state index in [0.717, 1.165) is 16.3 Å². The van der Waals surface area contributed by atoms with Crippen LogP contribution in [-0.2, 0) is 0 Å². The number of benzene rings is 2. The van der Waals surface area contributed by atoms with Crippen molar-refractivity contribution < 1.29 is 4.79 Å². The number of Topliss-reactive ketones (excluding diaryl/α,β-unsaturated/α-hetero) is 1. The summed E-state index contributed by atoms with van der Waals surface area (Å²) in [6, 6.07) is 10.2. The van der Waals surface area contributed by atoms with Crippen molar-refractivity contribution in [2.75, 3.05) is 0 Å². The number of carbonyl (C=O) groups excluding carboxylic acids is 1. The molecule has 1 heteroatoms. The van der Waals surface area contributed by atoms with Gasteiger partial charge in [-0.05, 0) is 35.7 Å². The summed E-state index contributed by atoms with van der Waals surface area (Å²) in [5.41, 5.74) is 3.36. The van der Waals surface area contributed by atoms with Crippen molar-refractivity contribution in [1.82, 2.24) is 0 Å². The minimum Gasteiger partial charge on any atom is -0.294 e. The summed E-state index contributed by atoms with van der Waals surface area (Å²) < 4.78 is 0. The van der Waals surface area contributed by atoms with Crippen molar-refractivity contribution in [2.24, 2.45) is 5.92 Å². The zero-order valence-corrected chi connectivity index (χ0v) is 10.9. The fourth-order valence-electron chi connectivity index (χ4n) is 2.07. The Kier molecular flexibility index (Phi) is 3.01. The Labute approximate surface area is 102 Å². The van der Waals surface area contributed by atoms with E-state index in [9.17, 15) is 4.79 Å². The summed E-state index contributed by atoms with van der Waals surface area (Å²) in [6.45, 7) is 8.08. The van der Waals surface area contributed by atoms with Crippen LogP contribution in [0.5, 0.6) is 0 Å². The van der Waals surface area contributed by atoms with Gasteiger partial charge >= 0.3 is 0 Å². The molecule has 17 heavy (non-hydrogen) atoms. The Bertz CT molecular complexity index is 579. The standard InChI is InChI=1S/C16H18O/c1-10(2)16(17)14-7-5-6-13-8-11(3)12(4)9-15(13)14/h5-10H,1-4H3. The Hall–Kier alpha value is -1.63. The highest BCUT2D eigenvalue weighted by Gasteiger charge is 2.13. The average molecular weight is 226 g/mol. The molecule has 0 saturated carbocycles. The number of carbonyl (C=O) groups is 1. The summed E-state index contributed by atoms with van der Waals surface area (Å²) in [7, 11) is 0. The lowest BCUT2D eigenvalue weighted by Crippen LogP contribution is -2.08. The molecule has 0 aliphatic rings. The van der Waals surface area contributed by atoms with Crippen molar-refractivity contribution in [3.8, 4) is 0 Å². The van der Waals surface area contributed by atoms with E-state index in [2.05, 4.69) is 32.0 Å². The molecule has 0 radical (unpaired) electrons. The number of hydrogen-bond acceptors (Lipinski definition) is 1. The van der Waals surface area contributed by atoms with Crippen LogP contribution in [0.4, 0.5) is 0 Å². The molecule has 2 aromatic rings. The van der Waals surface area contributed by atoms with Crippen molar-refractivity contribution in [3.05, 3.63) is 47.0 Å². The molecule has 2 rings (SSSR count). The molecule has 0 bridgehead atoms. The summed E-state index contributed by atoms with van der Waals surface area (Å²) in [5, 5.41) is 2.23. The third-order valence-electron chi connectivity index (χ3n) is 3.28. The predicted octanol–water partition coefficient (Wildman–Crippen LogP) is 4.30. The van der Waals surface area contributed by atoms with Crippen LogP contribution in [0.2, 0.25) is 0 Å². The van der Waals surface area contributed by atoms with Gasteiger partial charge in [0.25, 0.3) is 0 Å². The van der Waals surface area contributed by atoms with Crippen molar-refractivity contribution in [1.29, 1.82) is 0 Å². The van der Waals surface area contributed by atoms with Gasteiger partial charge in [0.05, 0.1) is 0 Å². The lowest BCUT2D eigenvalue weighted by molar-refractivity contribution is 0.0941. The first-order valence-corrected chi connectivity index (χ1v) is 6.05. The van der Waals surface area contributed by atoms with Gasteiger partial charge in [-0.25, -0.2) is 0 Å². The molecule has 0 fully saturated rings. The van der Waals surface area contributed by atoms with E-state index in [1.165, 1.54) is 11.1 Å². The first-order valence-electron chi connectivity index (χ1n) is 6.05. The molecule has 0 amide bonds. The molecule has 0 heterocycles. The number of aryl methyl sites for hydroxylation is 2. The number of rotatable bonds is 2. The third-order valence-corrected chi connectivity index (χ3v) is 3.28. The zero-order valence-electron chi connectivity index (χ0n) is 10.9. The Balaban J connectivity index is 2.73. The van der Waals surface area contributed by atoms with E-state index >= 15 is 0 Å². The minimum atomic E-state index is 0.0437. The van der Waals surface area contributed by atoms with E-state index in [1.807, 2.05) is 26.0 Å². The first-order chi connectivity index (χ1) is 8.00. The lowest BCUT2D eigenvalue weighted by atomic mass is 9.93. The molecule has 0 spiro atoms. The first kappa shape index (κ1) is 11.8. The highest BCUT2D eigenvalue weighted by molar-refractivity contribution is 6.09. The van der Waals surface area contributed by atoms with E-state index in [-0.39, 0.29) is 11.7 Å². The van der Waals surface area contributed by atoms with Gasteiger partial charge in [-0.3, -0.25) is 4.79 Å². The third kappa shape index (κ3) is 2.10. The van der Waals surface area contributed by atoms with Crippen LogP contribution < -0.4 is 0 Å². The van der Waals surface area contributed by atoms with Gasteiger partial charge in [0.15, 0.2) is 5.78 Å². The van der Waals surface area contributed by atoms with E-state index in [4.69, 9.17) is 0 Å². The molecule has 1 nitrogen and oxygen atoms in total. The van der Waals surface area contributed by atoms with Crippen molar-refractivity contribution >= 4 is 16.6 Å². The van der Waals surface area contributed by atoms with Gasteiger partial charge in [0, 0.05) is 11.5 Å². The van der Waals surface area contributed by atoms with Crippen LogP contribution in [0.25, 0.3) is 10.8 Å². The fraction of sp³-hybridized carbons (Fsp3) is 0.312. The molecule has 0 aromatic heterocycles. The predicted molar refractivity (Wildman–Crippen MR) is 72.6 cm³/mol. The van der Waals surface area contributed by atoms with Crippen LogP contribution in [0, 0.1) is 19.8 Å². The van der Waals surface area contributed by atoms with Crippen molar-refractivity contribution in [3.63, 3.8) is 0 Å². The second-order valence-electron chi connectivity index (χ2n) is 4.98. The minimum absolute atomic E-state index is 0.0437. The zero-order chi connectivity index (χ0) is 12.6. The van der Waals surface area contributed by atoms with E-state index < -0.39 is 0 Å². The SMILES string of the molecule is Cc1cc2cccc(C(=O)C(C)C)c2cc1C. The molecular formula is C16H18O. The van der Waals surface area contributed by atoms with Gasteiger partial charge in [-0.15, -0.1) is 0 Å². The van der Waals surface area contributed by atoms with E-state index in [0.29, 0.717) is 0 Å². The lowest BCUT2D eigenvalue weighted by Gasteiger charge is -2.10. The quantitative estimate of drug-likeness (QED) is 0.698. The second kappa shape index (κ2) is 4.33. The average Bonchev–Trinajstić information content (AvgIpc) is 2.29. The van der Waals surface area contributed by atoms with Crippen LogP contribution in [0.1, 0.15) is 35.3 Å². The second-order valence-corrected chi connectivity index (χ2v) is 4.98. The normalized spacial score (nSPS) is 11.1. The number of hydrogen-bond donors (Lipinski definition) is 0. The molecule has 0 unspecified atom stereocenters. The molecular weight excluding hydrogens is 208 g/mol. The molecule has 0 N–H and O–H groups in total. The van der Waals surface area contributed by atoms with Crippen molar-refractivity contribution in [2.45, 2.75) is 27.7 Å². The molecule has 88 valence electrons. The van der Waals surface area contributed by atoms with E-state index in [1.54, 1.807) is 0 Å². The van der Waals surface area contributed by atoms with Crippen LogP contribution in [0.15, 0.2) is 30.3 Å². The summed E-state index contributed by atoms with van der Waals surface area (Å²) >= 11 is 0. The summed E-state index contributed by atoms with van der Waals surface area (Å²) in [4.78, 5) is 12.2. The molecule has 0 atom stereocenters. The van der Waals surface area contributed by atoms with Gasteiger partial charge in [-0.2, -0.15) is 0 Å². The van der Waals surface area contributed by atoms with Crippen LogP contribution in [-0.4, -0.2) is 5.78 Å². The highest BCUT2D eigenvalue weighted by Crippen LogP contribution is 2.24. The highest BCUT2D eigenvalue weighted by atomic mass is 16.1. The topological polar surface area (TPSA) is 17.1 Å². The summed E-state index contributed by atoms with van der Waals surface area (Å²) in [5.74, 6) is 0.265. The number of ketones is 1. The summed E-state index contributed by atoms with van der Waals surface area (Å²) in [6.07, 6.45) is 0. The van der Waals surface area contributed by atoms with Gasteiger partial charge < -0.3 is 0 Å². The van der Waals surface area contributed by atoms with Gasteiger partial charge in [-0.1, -0.05) is 44.2 Å². The maximum atomic E-state index is 12.2. The Morgan fingerprint density at radius 3 is 2.35 bits per heavy atom. The molecule has 0 aliphatic heterocycles.